The van der Waals surface area contributed by atoms with Crippen LogP contribution in [0.25, 0.3) is 16.7 Å². The van der Waals surface area contributed by atoms with Gasteiger partial charge in [-0.25, -0.2) is 14.3 Å². The molecule has 0 amide bonds. The van der Waals surface area contributed by atoms with Gasteiger partial charge in [0.15, 0.2) is 0 Å². The van der Waals surface area contributed by atoms with Gasteiger partial charge in [0.1, 0.15) is 11.3 Å². The van der Waals surface area contributed by atoms with Crippen LogP contribution in [0.2, 0.25) is 0 Å². The summed E-state index contributed by atoms with van der Waals surface area (Å²) in [6.07, 6.45) is 1.44. The number of aromatic nitrogens is 3. The smallest absolute Gasteiger partial charge is 0.300 e. The third-order valence-corrected chi connectivity index (χ3v) is 2.99. The van der Waals surface area contributed by atoms with Crippen molar-refractivity contribution in [1.82, 2.24) is 14.5 Å². The summed E-state index contributed by atoms with van der Waals surface area (Å²) in [5, 5.41) is 11.0. The number of benzene rings is 1. The van der Waals surface area contributed by atoms with E-state index in [2.05, 4.69) is 9.97 Å². The first-order chi connectivity index (χ1) is 10.1. The van der Waals surface area contributed by atoms with E-state index in [4.69, 9.17) is 0 Å². The summed E-state index contributed by atoms with van der Waals surface area (Å²) in [5.74, 6) is 0.150. The number of pyridine rings is 1. The highest BCUT2D eigenvalue weighted by molar-refractivity contribution is 5.86. The van der Waals surface area contributed by atoms with Crippen molar-refractivity contribution in [2.75, 3.05) is 0 Å². The lowest BCUT2D eigenvalue weighted by Gasteiger charge is -2.05. The Bertz CT molecular complexity index is 959. The van der Waals surface area contributed by atoms with Crippen molar-refractivity contribution in [2.24, 2.45) is 0 Å². The molecule has 8 nitrogen and oxygen atoms in total. The number of non-ortho nitro benzene ring substituents is 1. The number of nitrogens with one attached hydrogen (secondary N) is 1. The lowest BCUT2D eigenvalue weighted by atomic mass is 10.2. The molecule has 0 aliphatic heterocycles. The molecule has 3 rings (SSSR count). The van der Waals surface area contributed by atoms with E-state index in [1.807, 2.05) is 0 Å². The van der Waals surface area contributed by atoms with E-state index in [1.165, 1.54) is 30.5 Å². The molecule has 104 valence electrons. The van der Waals surface area contributed by atoms with Crippen molar-refractivity contribution in [1.29, 1.82) is 0 Å². The normalized spacial score (nSPS) is 10.7. The molecule has 2 heterocycles. The lowest BCUT2D eigenvalue weighted by Crippen LogP contribution is -2.34. The molecular weight excluding hydrogens is 276 g/mol. The zero-order valence-corrected chi connectivity index (χ0v) is 10.5. The van der Waals surface area contributed by atoms with Gasteiger partial charge >= 0.3 is 5.69 Å². The molecule has 0 spiro atoms. The SMILES string of the molecule is O=c1[nH]c2c([N+](=O)[O-])cccc2c(=O)n1-c1ccccn1. The van der Waals surface area contributed by atoms with Gasteiger partial charge in [-0.05, 0) is 18.2 Å². The summed E-state index contributed by atoms with van der Waals surface area (Å²) < 4.78 is 0.839. The van der Waals surface area contributed by atoms with Gasteiger partial charge in [0, 0.05) is 12.3 Å². The fourth-order valence-electron chi connectivity index (χ4n) is 2.07. The molecule has 0 aliphatic rings. The molecule has 8 heteroatoms. The number of nitro benzene ring substituents is 1. The molecule has 2 aromatic heterocycles. The number of nitro groups is 1. The Labute approximate surface area is 116 Å². The van der Waals surface area contributed by atoms with Crippen LogP contribution in [0.4, 0.5) is 5.69 Å². The molecule has 0 saturated carbocycles. The fraction of sp³-hybridized carbons (Fsp3) is 0. The number of para-hydroxylation sites is 1. The maximum atomic E-state index is 12.4. The summed E-state index contributed by atoms with van der Waals surface area (Å²) >= 11 is 0. The summed E-state index contributed by atoms with van der Waals surface area (Å²) in [7, 11) is 0. The largest absolute Gasteiger partial charge is 0.334 e. The number of H-pyrrole nitrogens is 1. The summed E-state index contributed by atoms with van der Waals surface area (Å²) in [4.78, 5) is 41.1. The van der Waals surface area contributed by atoms with E-state index in [0.29, 0.717) is 0 Å². The Kier molecular flexibility index (Phi) is 2.83. The molecule has 1 N–H and O–H groups in total. The van der Waals surface area contributed by atoms with E-state index >= 15 is 0 Å². The predicted octanol–water partition coefficient (Wildman–Crippen LogP) is 0.982. The molecule has 3 aromatic rings. The van der Waals surface area contributed by atoms with Crippen molar-refractivity contribution in [3.8, 4) is 5.82 Å². The van der Waals surface area contributed by atoms with Gasteiger partial charge in [0.25, 0.3) is 11.2 Å². The Morgan fingerprint density at radius 3 is 2.62 bits per heavy atom. The van der Waals surface area contributed by atoms with E-state index in [-0.39, 0.29) is 22.4 Å². The molecule has 0 atom stereocenters. The maximum Gasteiger partial charge on any atom is 0.334 e. The Balaban J connectivity index is 2.45. The van der Waals surface area contributed by atoms with Gasteiger partial charge in [-0.1, -0.05) is 12.1 Å². The second kappa shape index (κ2) is 4.67. The topological polar surface area (TPSA) is 111 Å². The van der Waals surface area contributed by atoms with E-state index in [9.17, 15) is 19.7 Å². The van der Waals surface area contributed by atoms with Crippen LogP contribution >= 0.6 is 0 Å². The Morgan fingerprint density at radius 1 is 1.14 bits per heavy atom. The van der Waals surface area contributed by atoms with Gasteiger partial charge in [-0.2, -0.15) is 0 Å². The molecular formula is C13H8N4O4. The van der Waals surface area contributed by atoms with Crippen molar-refractivity contribution < 1.29 is 4.92 Å². The molecule has 0 unspecified atom stereocenters. The minimum Gasteiger partial charge on any atom is -0.300 e. The van der Waals surface area contributed by atoms with Crippen LogP contribution in [-0.4, -0.2) is 19.5 Å². The molecule has 21 heavy (non-hydrogen) atoms. The van der Waals surface area contributed by atoms with Crippen LogP contribution in [0.3, 0.4) is 0 Å². The van der Waals surface area contributed by atoms with Crippen molar-refractivity contribution >= 4 is 16.6 Å². The maximum absolute atomic E-state index is 12.4. The van der Waals surface area contributed by atoms with Crippen molar-refractivity contribution in [3.05, 3.63) is 73.5 Å². The molecule has 0 fully saturated rings. The van der Waals surface area contributed by atoms with E-state index in [1.54, 1.807) is 12.1 Å². The highest BCUT2D eigenvalue weighted by Crippen LogP contribution is 2.19. The second-order valence-corrected chi connectivity index (χ2v) is 4.22. The Hall–Kier alpha value is -3.29. The average Bonchev–Trinajstić information content (AvgIpc) is 2.47. The zero-order valence-electron chi connectivity index (χ0n) is 10.5. The lowest BCUT2D eigenvalue weighted by molar-refractivity contribution is -0.383. The fourth-order valence-corrected chi connectivity index (χ4v) is 2.07. The third kappa shape index (κ3) is 1.98. The van der Waals surface area contributed by atoms with Crippen molar-refractivity contribution in [3.63, 3.8) is 0 Å². The number of fused-ring (bicyclic) bond motifs is 1. The summed E-state index contributed by atoms with van der Waals surface area (Å²) in [6, 6.07) is 8.81. The molecule has 0 bridgehead atoms. The van der Waals surface area contributed by atoms with E-state index < -0.39 is 16.2 Å². The van der Waals surface area contributed by atoms with Crippen LogP contribution in [0.5, 0.6) is 0 Å². The average molecular weight is 284 g/mol. The molecule has 1 aromatic carbocycles. The standard InChI is InChI=1S/C13H8N4O4/c18-12-8-4-3-5-9(17(20)21)11(8)15-13(19)16(12)10-6-1-2-7-14-10/h1-7H,(H,15,19). The molecule has 0 saturated heterocycles. The second-order valence-electron chi connectivity index (χ2n) is 4.22. The highest BCUT2D eigenvalue weighted by atomic mass is 16.6. The van der Waals surface area contributed by atoms with Gasteiger partial charge in [0.2, 0.25) is 0 Å². The van der Waals surface area contributed by atoms with Crippen LogP contribution in [-0.2, 0) is 0 Å². The first-order valence-electron chi connectivity index (χ1n) is 5.93. The minimum atomic E-state index is -0.777. The van der Waals surface area contributed by atoms with Crippen LogP contribution in [0.15, 0.2) is 52.2 Å². The van der Waals surface area contributed by atoms with Gasteiger partial charge in [0.05, 0.1) is 10.3 Å². The van der Waals surface area contributed by atoms with E-state index in [0.717, 1.165) is 4.57 Å². The quantitative estimate of drug-likeness (QED) is 0.557. The molecule has 0 aliphatic carbocycles. The predicted molar refractivity (Wildman–Crippen MR) is 74.6 cm³/mol. The number of hydrogen-bond donors (Lipinski definition) is 1. The monoisotopic (exact) mass is 284 g/mol. The number of nitrogens with zero attached hydrogens (tertiary/aromatic N) is 3. The Morgan fingerprint density at radius 2 is 1.95 bits per heavy atom. The molecule has 0 radical (unpaired) electrons. The highest BCUT2D eigenvalue weighted by Gasteiger charge is 2.17. The van der Waals surface area contributed by atoms with Crippen LogP contribution in [0.1, 0.15) is 0 Å². The summed E-state index contributed by atoms with van der Waals surface area (Å²) in [5.41, 5.74) is -1.85. The summed E-state index contributed by atoms with van der Waals surface area (Å²) in [6.45, 7) is 0. The van der Waals surface area contributed by atoms with Gasteiger partial charge in [-0.15, -0.1) is 0 Å². The van der Waals surface area contributed by atoms with Crippen LogP contribution < -0.4 is 11.2 Å². The number of aromatic amines is 1. The first kappa shape index (κ1) is 12.7. The van der Waals surface area contributed by atoms with Crippen molar-refractivity contribution in [2.45, 2.75) is 0 Å². The number of rotatable bonds is 2. The number of hydrogen-bond acceptors (Lipinski definition) is 5. The zero-order chi connectivity index (χ0) is 15.0. The first-order valence-corrected chi connectivity index (χ1v) is 5.93. The van der Waals surface area contributed by atoms with Crippen LogP contribution in [0, 0.1) is 10.1 Å². The third-order valence-electron chi connectivity index (χ3n) is 2.99. The van der Waals surface area contributed by atoms with Gasteiger partial charge in [-0.3, -0.25) is 14.9 Å². The minimum absolute atomic E-state index is 0.0504. The van der Waals surface area contributed by atoms with Gasteiger partial charge < -0.3 is 4.98 Å².